The molecule has 4 nitrogen and oxygen atoms in total. The van der Waals surface area contributed by atoms with Crippen LogP contribution in [0.5, 0.6) is 0 Å². The zero-order chi connectivity index (χ0) is 15.4. The summed E-state index contributed by atoms with van der Waals surface area (Å²) in [7, 11) is 0. The SMILES string of the molecule is Br.CCCNCCn1cnc2c(c1=O)CCCc1ccccc1-2. The molecule has 1 aromatic heterocycles. The monoisotopic (exact) mass is 377 g/mol. The number of halogens is 1. The highest BCUT2D eigenvalue weighted by atomic mass is 79.9. The lowest BCUT2D eigenvalue weighted by Gasteiger charge is -2.11. The highest BCUT2D eigenvalue weighted by Gasteiger charge is 2.18. The fraction of sp³-hybridized carbons (Fsp3) is 0.444. The predicted molar refractivity (Wildman–Crippen MR) is 99.4 cm³/mol. The first-order chi connectivity index (χ1) is 10.8. The molecule has 23 heavy (non-hydrogen) atoms. The van der Waals surface area contributed by atoms with Gasteiger partial charge in [0.15, 0.2) is 0 Å². The average molecular weight is 378 g/mol. The van der Waals surface area contributed by atoms with E-state index in [1.54, 1.807) is 10.9 Å². The molecule has 1 aromatic carbocycles. The number of benzene rings is 1. The topological polar surface area (TPSA) is 46.9 Å². The van der Waals surface area contributed by atoms with E-state index < -0.39 is 0 Å². The summed E-state index contributed by atoms with van der Waals surface area (Å²) in [5, 5.41) is 3.33. The van der Waals surface area contributed by atoms with Crippen LogP contribution in [0.3, 0.4) is 0 Å². The molecule has 0 amide bonds. The predicted octanol–water partition coefficient (Wildman–Crippen LogP) is 2.98. The first-order valence-corrected chi connectivity index (χ1v) is 8.18. The van der Waals surface area contributed by atoms with Gasteiger partial charge in [-0.2, -0.15) is 0 Å². The summed E-state index contributed by atoms with van der Waals surface area (Å²) in [4.78, 5) is 17.4. The van der Waals surface area contributed by atoms with Gasteiger partial charge in [0.1, 0.15) is 0 Å². The molecule has 0 bridgehead atoms. The van der Waals surface area contributed by atoms with Gasteiger partial charge in [0.25, 0.3) is 5.56 Å². The van der Waals surface area contributed by atoms with E-state index in [2.05, 4.69) is 35.4 Å². The minimum absolute atomic E-state index is 0. The molecule has 5 heteroatoms. The van der Waals surface area contributed by atoms with Crippen LogP contribution in [-0.2, 0) is 19.4 Å². The van der Waals surface area contributed by atoms with Crippen LogP contribution in [0.2, 0.25) is 0 Å². The van der Waals surface area contributed by atoms with E-state index in [1.807, 2.05) is 6.07 Å². The molecule has 1 heterocycles. The van der Waals surface area contributed by atoms with Crippen LogP contribution in [-0.4, -0.2) is 22.6 Å². The molecule has 0 fully saturated rings. The van der Waals surface area contributed by atoms with E-state index in [0.29, 0.717) is 6.54 Å². The molecule has 1 aliphatic carbocycles. The van der Waals surface area contributed by atoms with Crippen molar-refractivity contribution in [1.82, 2.24) is 14.9 Å². The highest BCUT2D eigenvalue weighted by molar-refractivity contribution is 8.93. The molecular formula is C18H24BrN3O. The van der Waals surface area contributed by atoms with E-state index >= 15 is 0 Å². The Morgan fingerprint density at radius 3 is 2.87 bits per heavy atom. The Bertz CT molecular complexity index is 712. The van der Waals surface area contributed by atoms with Gasteiger partial charge in [0.05, 0.1) is 12.0 Å². The van der Waals surface area contributed by atoms with Gasteiger partial charge in [-0.05, 0) is 37.8 Å². The summed E-state index contributed by atoms with van der Waals surface area (Å²) in [6, 6.07) is 8.31. The molecule has 0 spiro atoms. The Hall–Kier alpha value is -1.46. The van der Waals surface area contributed by atoms with Crippen LogP contribution in [0.1, 0.15) is 30.9 Å². The molecule has 3 rings (SSSR count). The summed E-state index contributed by atoms with van der Waals surface area (Å²) in [5.74, 6) is 0. The molecule has 2 aromatic rings. The third-order valence-electron chi connectivity index (χ3n) is 4.23. The Morgan fingerprint density at radius 1 is 1.22 bits per heavy atom. The second kappa shape index (κ2) is 8.41. The molecule has 0 radical (unpaired) electrons. The molecule has 0 saturated heterocycles. The number of nitrogens with zero attached hydrogens (tertiary/aromatic N) is 2. The Morgan fingerprint density at radius 2 is 2.04 bits per heavy atom. The highest BCUT2D eigenvalue weighted by Crippen LogP contribution is 2.28. The zero-order valence-electron chi connectivity index (χ0n) is 13.5. The summed E-state index contributed by atoms with van der Waals surface area (Å²) < 4.78 is 1.75. The fourth-order valence-electron chi connectivity index (χ4n) is 3.08. The Kier molecular flexibility index (Phi) is 6.54. The maximum Gasteiger partial charge on any atom is 0.257 e. The fourth-order valence-corrected chi connectivity index (χ4v) is 3.08. The lowest BCUT2D eigenvalue weighted by molar-refractivity contribution is 0.572. The van der Waals surface area contributed by atoms with Gasteiger partial charge >= 0.3 is 0 Å². The van der Waals surface area contributed by atoms with Gasteiger partial charge in [0.2, 0.25) is 0 Å². The number of aryl methyl sites for hydroxylation is 1. The number of hydrogen-bond acceptors (Lipinski definition) is 3. The van der Waals surface area contributed by atoms with E-state index in [1.165, 1.54) is 5.56 Å². The summed E-state index contributed by atoms with van der Waals surface area (Å²) >= 11 is 0. The van der Waals surface area contributed by atoms with Crippen molar-refractivity contribution in [1.29, 1.82) is 0 Å². The molecule has 1 N–H and O–H groups in total. The third-order valence-corrected chi connectivity index (χ3v) is 4.23. The second-order valence-corrected chi connectivity index (χ2v) is 5.83. The lowest BCUT2D eigenvalue weighted by Crippen LogP contribution is -2.30. The summed E-state index contributed by atoms with van der Waals surface area (Å²) in [6.07, 6.45) is 5.66. The first-order valence-electron chi connectivity index (χ1n) is 8.18. The van der Waals surface area contributed by atoms with E-state index in [9.17, 15) is 4.79 Å². The number of hydrogen-bond donors (Lipinski definition) is 1. The minimum Gasteiger partial charge on any atom is -0.315 e. The van der Waals surface area contributed by atoms with Crippen molar-refractivity contribution in [2.24, 2.45) is 0 Å². The van der Waals surface area contributed by atoms with Gasteiger partial charge in [-0.3, -0.25) is 9.36 Å². The van der Waals surface area contributed by atoms with Crippen LogP contribution in [0.15, 0.2) is 35.4 Å². The molecule has 124 valence electrons. The molecule has 0 atom stereocenters. The largest absolute Gasteiger partial charge is 0.315 e. The van der Waals surface area contributed by atoms with Crippen molar-refractivity contribution >= 4 is 17.0 Å². The minimum atomic E-state index is 0. The van der Waals surface area contributed by atoms with Crippen molar-refractivity contribution in [3.63, 3.8) is 0 Å². The molecular weight excluding hydrogens is 354 g/mol. The van der Waals surface area contributed by atoms with Crippen LogP contribution in [0, 0.1) is 0 Å². The van der Waals surface area contributed by atoms with E-state index in [4.69, 9.17) is 0 Å². The van der Waals surface area contributed by atoms with Crippen LogP contribution in [0.4, 0.5) is 0 Å². The third kappa shape index (κ3) is 3.90. The zero-order valence-corrected chi connectivity index (χ0v) is 15.3. The standard InChI is InChI=1S/C18H23N3O.BrH/c1-2-10-19-11-12-21-13-20-17-15-8-4-3-6-14(15)7-5-9-16(17)18(21)22;/h3-4,6,8,13,19H,2,5,7,9-12H2,1H3;1H. The smallest absolute Gasteiger partial charge is 0.257 e. The quantitative estimate of drug-likeness (QED) is 0.814. The normalized spacial score (nSPS) is 12.7. The number of fused-ring (bicyclic) bond motifs is 3. The number of rotatable bonds is 5. The van der Waals surface area contributed by atoms with Crippen LogP contribution >= 0.6 is 17.0 Å². The van der Waals surface area contributed by atoms with Gasteiger partial charge in [-0.1, -0.05) is 31.2 Å². The van der Waals surface area contributed by atoms with Gasteiger partial charge < -0.3 is 5.32 Å². The van der Waals surface area contributed by atoms with Crippen molar-refractivity contribution in [2.75, 3.05) is 13.1 Å². The van der Waals surface area contributed by atoms with Crippen LogP contribution in [0.25, 0.3) is 11.3 Å². The second-order valence-electron chi connectivity index (χ2n) is 5.83. The number of nitrogens with one attached hydrogen (secondary N) is 1. The van der Waals surface area contributed by atoms with Crippen molar-refractivity contribution < 1.29 is 0 Å². The van der Waals surface area contributed by atoms with Gasteiger partial charge in [0, 0.05) is 24.2 Å². The Balaban J connectivity index is 0.00000192. The van der Waals surface area contributed by atoms with Crippen molar-refractivity contribution in [3.8, 4) is 11.3 Å². The van der Waals surface area contributed by atoms with Crippen LogP contribution < -0.4 is 10.9 Å². The molecule has 1 aliphatic rings. The van der Waals surface area contributed by atoms with E-state index in [-0.39, 0.29) is 22.5 Å². The first kappa shape index (κ1) is 17.9. The Labute approximate surface area is 147 Å². The van der Waals surface area contributed by atoms with Crippen molar-refractivity contribution in [2.45, 2.75) is 39.2 Å². The van der Waals surface area contributed by atoms with Crippen molar-refractivity contribution in [3.05, 3.63) is 52.1 Å². The average Bonchev–Trinajstić information content (AvgIpc) is 2.73. The maximum atomic E-state index is 12.7. The molecule has 0 unspecified atom stereocenters. The molecule has 0 aliphatic heterocycles. The summed E-state index contributed by atoms with van der Waals surface area (Å²) in [5.41, 5.74) is 4.32. The van der Waals surface area contributed by atoms with Gasteiger partial charge in [-0.25, -0.2) is 4.98 Å². The summed E-state index contributed by atoms with van der Waals surface area (Å²) in [6.45, 7) is 4.62. The van der Waals surface area contributed by atoms with E-state index in [0.717, 1.165) is 55.6 Å². The van der Waals surface area contributed by atoms with Gasteiger partial charge in [-0.15, -0.1) is 17.0 Å². The number of aromatic nitrogens is 2. The lowest BCUT2D eigenvalue weighted by atomic mass is 10.0. The molecule has 0 saturated carbocycles. The maximum absolute atomic E-state index is 12.7.